The standard InChI is InChI=1S/C16H25N3O4/c1-18(10-11-19-8-4-5-9-19)14(16(20)21)12-6-7-13(22-2)17-15(12)23-3/h6-7,14H,4-5,8-11H2,1-3H3,(H,20,21)/t14-/m0/s1. The van der Waals surface area contributed by atoms with Gasteiger partial charge in [-0.15, -0.1) is 0 Å². The van der Waals surface area contributed by atoms with Gasteiger partial charge in [-0.05, 0) is 39.0 Å². The summed E-state index contributed by atoms with van der Waals surface area (Å²) in [6, 6.07) is 2.56. The molecular formula is C16H25N3O4. The number of rotatable bonds is 8. The highest BCUT2D eigenvalue weighted by atomic mass is 16.5. The maximum atomic E-state index is 11.8. The Morgan fingerprint density at radius 2 is 2.04 bits per heavy atom. The molecule has 1 saturated heterocycles. The van der Waals surface area contributed by atoms with Gasteiger partial charge in [0.1, 0.15) is 6.04 Å². The molecule has 2 heterocycles. The molecule has 7 nitrogen and oxygen atoms in total. The summed E-state index contributed by atoms with van der Waals surface area (Å²) >= 11 is 0. The Balaban J connectivity index is 2.14. The van der Waals surface area contributed by atoms with Crippen LogP contribution < -0.4 is 9.47 Å². The number of aromatic nitrogens is 1. The molecule has 1 fully saturated rings. The van der Waals surface area contributed by atoms with Crippen molar-refractivity contribution in [2.24, 2.45) is 0 Å². The first-order valence-electron chi connectivity index (χ1n) is 7.81. The van der Waals surface area contributed by atoms with E-state index >= 15 is 0 Å². The van der Waals surface area contributed by atoms with Crippen LogP contribution in [-0.4, -0.2) is 73.3 Å². The predicted molar refractivity (Wildman–Crippen MR) is 86.0 cm³/mol. The van der Waals surface area contributed by atoms with E-state index in [0.717, 1.165) is 19.6 Å². The summed E-state index contributed by atoms with van der Waals surface area (Å²) in [5.41, 5.74) is 0.532. The van der Waals surface area contributed by atoms with Gasteiger partial charge in [0.25, 0.3) is 0 Å². The van der Waals surface area contributed by atoms with E-state index in [0.29, 0.717) is 18.0 Å². The molecule has 1 aromatic heterocycles. The summed E-state index contributed by atoms with van der Waals surface area (Å²) in [5, 5.41) is 9.67. The van der Waals surface area contributed by atoms with Gasteiger partial charge in [0.15, 0.2) is 0 Å². The van der Waals surface area contributed by atoms with Crippen molar-refractivity contribution in [3.8, 4) is 11.8 Å². The summed E-state index contributed by atoms with van der Waals surface area (Å²) in [7, 11) is 4.81. The minimum absolute atomic E-state index is 0.282. The molecule has 128 valence electrons. The Morgan fingerprint density at radius 3 is 2.61 bits per heavy atom. The SMILES string of the molecule is COc1ccc([C@@H](C(=O)O)N(C)CCN2CCCC2)c(OC)n1. The highest BCUT2D eigenvalue weighted by Gasteiger charge is 2.29. The van der Waals surface area contributed by atoms with Gasteiger partial charge in [0.05, 0.1) is 14.2 Å². The number of likely N-dealkylation sites (N-methyl/N-ethyl adjacent to an activating group) is 1. The van der Waals surface area contributed by atoms with Crippen LogP contribution in [-0.2, 0) is 4.79 Å². The van der Waals surface area contributed by atoms with Crippen molar-refractivity contribution in [2.45, 2.75) is 18.9 Å². The molecule has 0 saturated carbocycles. The zero-order valence-corrected chi connectivity index (χ0v) is 14.0. The Labute approximate surface area is 136 Å². The topological polar surface area (TPSA) is 75.1 Å². The van der Waals surface area contributed by atoms with Crippen LogP contribution in [0, 0.1) is 0 Å². The van der Waals surface area contributed by atoms with Gasteiger partial charge in [-0.1, -0.05) is 0 Å². The summed E-state index contributed by atoms with van der Waals surface area (Å²) < 4.78 is 10.3. The number of methoxy groups -OCH3 is 2. The van der Waals surface area contributed by atoms with E-state index in [1.54, 1.807) is 12.1 Å². The van der Waals surface area contributed by atoms with Gasteiger partial charge in [-0.3, -0.25) is 9.69 Å². The molecule has 23 heavy (non-hydrogen) atoms. The fourth-order valence-electron chi connectivity index (χ4n) is 2.91. The van der Waals surface area contributed by atoms with Gasteiger partial charge < -0.3 is 19.5 Å². The van der Waals surface area contributed by atoms with Crippen LogP contribution in [0.5, 0.6) is 11.8 Å². The van der Waals surface area contributed by atoms with Gasteiger partial charge in [0.2, 0.25) is 11.8 Å². The minimum Gasteiger partial charge on any atom is -0.481 e. The van der Waals surface area contributed by atoms with Crippen molar-refractivity contribution < 1.29 is 19.4 Å². The van der Waals surface area contributed by atoms with Gasteiger partial charge in [0, 0.05) is 24.7 Å². The molecular weight excluding hydrogens is 298 g/mol. The minimum atomic E-state index is -0.917. The van der Waals surface area contributed by atoms with Crippen molar-refractivity contribution in [2.75, 3.05) is 47.4 Å². The number of nitrogens with zero attached hydrogens (tertiary/aromatic N) is 3. The van der Waals surface area contributed by atoms with Crippen LogP contribution in [0.2, 0.25) is 0 Å². The second-order valence-electron chi connectivity index (χ2n) is 5.72. The molecule has 0 bridgehead atoms. The Hall–Kier alpha value is -1.86. The third-order valence-electron chi connectivity index (χ3n) is 4.20. The number of hydrogen-bond donors (Lipinski definition) is 1. The monoisotopic (exact) mass is 323 g/mol. The third-order valence-corrected chi connectivity index (χ3v) is 4.20. The second-order valence-corrected chi connectivity index (χ2v) is 5.72. The molecule has 1 aromatic rings. The summed E-state index contributed by atoms with van der Waals surface area (Å²) in [4.78, 5) is 20.2. The van der Waals surface area contributed by atoms with Crippen LogP contribution in [0.3, 0.4) is 0 Å². The Bertz CT molecular complexity index is 532. The lowest BCUT2D eigenvalue weighted by molar-refractivity contribution is -0.143. The van der Waals surface area contributed by atoms with Crippen molar-refractivity contribution in [3.63, 3.8) is 0 Å². The maximum absolute atomic E-state index is 11.8. The first-order valence-corrected chi connectivity index (χ1v) is 7.81. The predicted octanol–water partition coefficient (Wildman–Crippen LogP) is 1.25. The lowest BCUT2D eigenvalue weighted by atomic mass is 10.1. The van der Waals surface area contributed by atoms with Crippen LogP contribution in [0.1, 0.15) is 24.4 Å². The number of hydrogen-bond acceptors (Lipinski definition) is 6. The van der Waals surface area contributed by atoms with Crippen molar-refractivity contribution in [1.82, 2.24) is 14.8 Å². The highest BCUT2D eigenvalue weighted by Crippen LogP contribution is 2.29. The molecule has 0 amide bonds. The number of carboxylic acid groups (broad SMARTS) is 1. The quantitative estimate of drug-likeness (QED) is 0.771. The van der Waals surface area contributed by atoms with Crippen molar-refractivity contribution in [1.29, 1.82) is 0 Å². The van der Waals surface area contributed by atoms with E-state index in [1.807, 2.05) is 11.9 Å². The number of ether oxygens (including phenoxy) is 2. The summed E-state index contributed by atoms with van der Waals surface area (Å²) in [6.45, 7) is 3.73. The summed E-state index contributed by atoms with van der Waals surface area (Å²) in [5.74, 6) is -0.238. The number of carboxylic acids is 1. The van der Waals surface area contributed by atoms with Crippen molar-refractivity contribution in [3.05, 3.63) is 17.7 Å². The van der Waals surface area contributed by atoms with Crippen LogP contribution in [0.15, 0.2) is 12.1 Å². The van der Waals surface area contributed by atoms with E-state index in [-0.39, 0.29) is 5.88 Å². The zero-order chi connectivity index (χ0) is 16.8. The van der Waals surface area contributed by atoms with E-state index in [4.69, 9.17) is 9.47 Å². The number of pyridine rings is 1. The molecule has 0 spiro atoms. The molecule has 0 radical (unpaired) electrons. The van der Waals surface area contributed by atoms with E-state index in [9.17, 15) is 9.90 Å². The van der Waals surface area contributed by atoms with E-state index in [2.05, 4.69) is 9.88 Å². The first kappa shape index (κ1) is 17.5. The number of likely N-dealkylation sites (tertiary alicyclic amines) is 1. The summed E-state index contributed by atoms with van der Waals surface area (Å²) in [6.07, 6.45) is 2.45. The largest absolute Gasteiger partial charge is 0.481 e. The first-order chi connectivity index (χ1) is 11.1. The molecule has 2 rings (SSSR count). The molecule has 1 aliphatic rings. The van der Waals surface area contributed by atoms with Crippen LogP contribution >= 0.6 is 0 Å². The van der Waals surface area contributed by atoms with E-state index in [1.165, 1.54) is 27.1 Å². The fraction of sp³-hybridized carbons (Fsp3) is 0.625. The molecule has 0 unspecified atom stereocenters. The average Bonchev–Trinajstić information content (AvgIpc) is 3.06. The smallest absolute Gasteiger partial charge is 0.325 e. The Morgan fingerprint density at radius 1 is 1.35 bits per heavy atom. The normalized spacial score (nSPS) is 16.5. The molecule has 7 heteroatoms. The highest BCUT2D eigenvalue weighted by molar-refractivity contribution is 5.76. The van der Waals surface area contributed by atoms with Gasteiger partial charge in [-0.25, -0.2) is 0 Å². The fourth-order valence-corrected chi connectivity index (χ4v) is 2.91. The number of aliphatic carboxylic acids is 1. The molecule has 1 atom stereocenters. The maximum Gasteiger partial charge on any atom is 0.325 e. The molecule has 1 N–H and O–H groups in total. The number of carbonyl (C=O) groups is 1. The van der Waals surface area contributed by atoms with Crippen LogP contribution in [0.4, 0.5) is 0 Å². The molecule has 1 aliphatic heterocycles. The van der Waals surface area contributed by atoms with Crippen molar-refractivity contribution >= 4 is 5.97 Å². The van der Waals surface area contributed by atoms with Gasteiger partial charge in [-0.2, -0.15) is 4.98 Å². The molecule has 0 aliphatic carbocycles. The lowest BCUT2D eigenvalue weighted by Crippen LogP contribution is -2.37. The lowest BCUT2D eigenvalue weighted by Gasteiger charge is -2.27. The van der Waals surface area contributed by atoms with Gasteiger partial charge >= 0.3 is 5.97 Å². The Kier molecular flexibility index (Phi) is 6.18. The van der Waals surface area contributed by atoms with Crippen LogP contribution in [0.25, 0.3) is 0 Å². The second kappa shape index (κ2) is 8.12. The zero-order valence-electron chi connectivity index (χ0n) is 14.0. The molecule has 0 aromatic carbocycles. The van der Waals surface area contributed by atoms with E-state index < -0.39 is 12.0 Å². The third kappa shape index (κ3) is 4.33. The average molecular weight is 323 g/mol.